The van der Waals surface area contributed by atoms with Gasteiger partial charge in [0.05, 0.1) is 23.0 Å². The molecule has 0 aliphatic rings. The minimum absolute atomic E-state index is 0.0186. The van der Waals surface area contributed by atoms with Crippen LogP contribution < -0.4 is 32.7 Å². The van der Waals surface area contributed by atoms with Gasteiger partial charge in [0.25, 0.3) is 23.6 Å². The predicted octanol–water partition coefficient (Wildman–Crippen LogP) is 4.00. The lowest BCUT2D eigenvalue weighted by atomic mass is 10.1. The quantitative estimate of drug-likeness (QED) is 0.0743. The lowest BCUT2D eigenvalue weighted by Gasteiger charge is -2.11. The molecule has 258 valence electrons. The second-order valence-corrected chi connectivity index (χ2v) is 12.5. The van der Waals surface area contributed by atoms with Gasteiger partial charge in [0.15, 0.2) is 0 Å². The molecule has 0 aliphatic carbocycles. The molecule has 0 bridgehead atoms. The fraction of sp³-hybridized carbons (Fsp3) is 0.412. The Labute approximate surface area is 281 Å². The highest BCUT2D eigenvalue weighted by Crippen LogP contribution is 2.20. The van der Waals surface area contributed by atoms with Gasteiger partial charge in [-0.25, -0.2) is 0 Å². The monoisotopic (exact) mass is 660 g/mol. The van der Waals surface area contributed by atoms with Crippen LogP contribution in [-0.2, 0) is 13.1 Å². The molecule has 0 spiro atoms. The number of rotatable bonds is 18. The van der Waals surface area contributed by atoms with Crippen molar-refractivity contribution in [3.63, 3.8) is 0 Å². The average Bonchev–Trinajstić information content (AvgIpc) is 3.62. The number of nitrogens with two attached hydrogens (primary N) is 2. The van der Waals surface area contributed by atoms with Crippen LogP contribution in [0.5, 0.6) is 0 Å². The maximum absolute atomic E-state index is 13.1. The fourth-order valence-electron chi connectivity index (χ4n) is 4.69. The molecule has 14 nitrogen and oxygen atoms in total. The third-order valence-corrected chi connectivity index (χ3v) is 7.44. The van der Waals surface area contributed by atoms with Crippen molar-refractivity contribution in [3.8, 4) is 0 Å². The summed E-state index contributed by atoms with van der Waals surface area (Å²) in [7, 11) is 0. The SMILES string of the molecule is CC(C)CCn1cc(NC(=O)c2ccc(C(=O)Nc3cc(C(=O)NCCC(=N)N)n(CCC(C)C)c3)cc2)cc1C(=O)NCCC(=N)N. The Morgan fingerprint density at radius 1 is 0.646 bits per heavy atom. The van der Waals surface area contributed by atoms with Crippen molar-refractivity contribution in [1.82, 2.24) is 19.8 Å². The highest BCUT2D eigenvalue weighted by molar-refractivity contribution is 6.08. The van der Waals surface area contributed by atoms with Gasteiger partial charge in [-0.1, -0.05) is 27.7 Å². The Morgan fingerprint density at radius 2 is 1.00 bits per heavy atom. The molecule has 1 aromatic carbocycles. The van der Waals surface area contributed by atoms with Crippen LogP contribution in [0.3, 0.4) is 0 Å². The van der Waals surface area contributed by atoms with Gasteiger partial charge in [0, 0.05) is 62.5 Å². The molecule has 3 aromatic rings. The van der Waals surface area contributed by atoms with E-state index in [0.717, 1.165) is 12.8 Å². The number of amidine groups is 2. The molecule has 0 radical (unpaired) electrons. The lowest BCUT2D eigenvalue weighted by molar-refractivity contribution is 0.0937. The van der Waals surface area contributed by atoms with Crippen molar-refractivity contribution in [2.75, 3.05) is 23.7 Å². The summed E-state index contributed by atoms with van der Waals surface area (Å²) in [6.07, 6.45) is 5.57. The number of hydrogen-bond acceptors (Lipinski definition) is 6. The van der Waals surface area contributed by atoms with E-state index in [1.807, 2.05) is 0 Å². The Kier molecular flexibility index (Phi) is 13.5. The van der Waals surface area contributed by atoms with E-state index in [0.29, 0.717) is 58.8 Å². The average molecular weight is 661 g/mol. The smallest absolute Gasteiger partial charge is 0.267 e. The summed E-state index contributed by atoms with van der Waals surface area (Å²) in [5.74, 6) is -0.693. The maximum Gasteiger partial charge on any atom is 0.267 e. The molecular weight excluding hydrogens is 612 g/mol. The Morgan fingerprint density at radius 3 is 1.31 bits per heavy atom. The molecular formula is C34H48N10O4. The Balaban J connectivity index is 1.69. The first-order valence-corrected chi connectivity index (χ1v) is 16.1. The lowest BCUT2D eigenvalue weighted by Crippen LogP contribution is -2.29. The molecule has 0 fully saturated rings. The maximum atomic E-state index is 13.1. The van der Waals surface area contributed by atoms with E-state index >= 15 is 0 Å². The Hall–Kier alpha value is -5.40. The van der Waals surface area contributed by atoms with E-state index in [1.54, 1.807) is 33.7 Å². The zero-order valence-corrected chi connectivity index (χ0v) is 28.1. The van der Waals surface area contributed by atoms with Crippen molar-refractivity contribution in [3.05, 3.63) is 71.3 Å². The van der Waals surface area contributed by atoms with Crippen LogP contribution in [0.15, 0.2) is 48.8 Å². The zero-order chi connectivity index (χ0) is 35.4. The van der Waals surface area contributed by atoms with Gasteiger partial charge in [-0.15, -0.1) is 0 Å². The van der Waals surface area contributed by atoms with Crippen molar-refractivity contribution in [2.24, 2.45) is 23.3 Å². The number of carbonyl (C=O) groups excluding carboxylic acids is 4. The molecule has 4 amide bonds. The largest absolute Gasteiger partial charge is 0.388 e. The molecule has 2 heterocycles. The number of aryl methyl sites for hydroxylation is 2. The molecule has 3 rings (SSSR count). The van der Waals surface area contributed by atoms with Crippen LogP contribution in [0.1, 0.15) is 95.1 Å². The number of carbonyl (C=O) groups is 4. The number of amides is 4. The molecule has 0 saturated heterocycles. The van der Waals surface area contributed by atoms with Gasteiger partial charge in [0.1, 0.15) is 11.4 Å². The van der Waals surface area contributed by atoms with Crippen LogP contribution in [0.2, 0.25) is 0 Å². The second-order valence-electron chi connectivity index (χ2n) is 12.5. The first kappa shape index (κ1) is 37.1. The van der Waals surface area contributed by atoms with E-state index in [9.17, 15) is 19.2 Å². The summed E-state index contributed by atoms with van der Waals surface area (Å²) in [6.45, 7) is 9.97. The van der Waals surface area contributed by atoms with E-state index < -0.39 is 11.8 Å². The number of aromatic nitrogens is 2. The topological polar surface area (TPSA) is 226 Å². The third-order valence-electron chi connectivity index (χ3n) is 7.44. The first-order chi connectivity index (χ1) is 22.7. The molecule has 2 aromatic heterocycles. The molecule has 0 atom stereocenters. The Bertz CT molecular complexity index is 1500. The fourth-order valence-corrected chi connectivity index (χ4v) is 4.69. The van der Waals surface area contributed by atoms with Crippen molar-refractivity contribution in [1.29, 1.82) is 10.8 Å². The van der Waals surface area contributed by atoms with Crippen LogP contribution >= 0.6 is 0 Å². The van der Waals surface area contributed by atoms with Crippen molar-refractivity contribution >= 4 is 46.7 Å². The highest BCUT2D eigenvalue weighted by atomic mass is 16.2. The summed E-state index contributed by atoms with van der Waals surface area (Å²) >= 11 is 0. The van der Waals surface area contributed by atoms with Crippen LogP contribution in [0.4, 0.5) is 11.4 Å². The van der Waals surface area contributed by atoms with E-state index in [4.69, 9.17) is 22.3 Å². The van der Waals surface area contributed by atoms with Gasteiger partial charge in [0.2, 0.25) is 0 Å². The van der Waals surface area contributed by atoms with Crippen molar-refractivity contribution in [2.45, 2.75) is 66.5 Å². The minimum Gasteiger partial charge on any atom is -0.388 e. The summed E-state index contributed by atoms with van der Waals surface area (Å²) in [4.78, 5) is 51.9. The third kappa shape index (κ3) is 11.4. The summed E-state index contributed by atoms with van der Waals surface area (Å²) < 4.78 is 3.59. The van der Waals surface area contributed by atoms with Crippen LogP contribution in [0.25, 0.3) is 0 Å². The molecule has 0 unspecified atom stereocenters. The molecule has 0 aliphatic heterocycles. The van der Waals surface area contributed by atoms with Crippen LogP contribution in [0, 0.1) is 22.7 Å². The summed E-state index contributed by atoms with van der Waals surface area (Å²) in [6, 6.07) is 9.37. The number of nitrogens with one attached hydrogen (secondary N) is 6. The number of benzene rings is 1. The number of hydrogen-bond donors (Lipinski definition) is 8. The van der Waals surface area contributed by atoms with Gasteiger partial charge >= 0.3 is 0 Å². The number of nitrogens with zero attached hydrogens (tertiary/aromatic N) is 2. The van der Waals surface area contributed by atoms with E-state index in [2.05, 4.69) is 49.0 Å². The van der Waals surface area contributed by atoms with Gasteiger partial charge in [-0.2, -0.15) is 0 Å². The summed E-state index contributed by atoms with van der Waals surface area (Å²) in [5.41, 5.74) is 13.1. The van der Waals surface area contributed by atoms with E-state index in [1.165, 1.54) is 24.3 Å². The predicted molar refractivity (Wildman–Crippen MR) is 188 cm³/mol. The summed E-state index contributed by atoms with van der Waals surface area (Å²) in [5, 5.41) is 25.9. The molecule has 10 N–H and O–H groups in total. The van der Waals surface area contributed by atoms with Crippen LogP contribution in [-0.4, -0.2) is 57.5 Å². The second kappa shape index (κ2) is 17.5. The standard InChI is InChI=1S/C34H48N10O4/c1-21(2)11-15-43-19-25(17-27(43)33(47)39-13-9-29(35)36)41-31(45)23-5-7-24(8-6-23)32(46)42-26-18-28(34(48)40-14-10-30(37)38)44(20-26)16-12-22(3)4/h5-8,17-22H,9-16H2,1-4H3,(H3,35,36)(H3,37,38)(H,39,47)(H,40,48)(H,41,45)(H,42,46). The van der Waals surface area contributed by atoms with Gasteiger partial charge in [-0.05, 0) is 61.1 Å². The first-order valence-electron chi connectivity index (χ1n) is 16.1. The number of anilines is 2. The van der Waals surface area contributed by atoms with E-state index in [-0.39, 0.29) is 49.4 Å². The zero-order valence-electron chi connectivity index (χ0n) is 28.1. The minimum atomic E-state index is -0.408. The normalized spacial score (nSPS) is 11.0. The molecule has 48 heavy (non-hydrogen) atoms. The molecule has 0 saturated carbocycles. The van der Waals surface area contributed by atoms with Crippen molar-refractivity contribution < 1.29 is 19.2 Å². The van der Waals surface area contributed by atoms with Gasteiger partial charge < -0.3 is 41.9 Å². The van der Waals surface area contributed by atoms with Gasteiger partial charge in [-0.3, -0.25) is 30.0 Å². The highest BCUT2D eigenvalue weighted by Gasteiger charge is 2.18. The molecule has 14 heteroatoms.